The van der Waals surface area contributed by atoms with Crippen molar-refractivity contribution in [3.8, 4) is 12.3 Å². The monoisotopic (exact) mass is 712 g/mol. The van der Waals surface area contributed by atoms with Crippen molar-refractivity contribution in [3.63, 3.8) is 0 Å². The molecule has 8 nitrogen and oxygen atoms in total. The maximum Gasteiger partial charge on any atom is 0.338 e. The summed E-state index contributed by atoms with van der Waals surface area (Å²) in [5.41, 5.74) is 0.833. The summed E-state index contributed by atoms with van der Waals surface area (Å²) in [6.45, 7) is 2.67. The molecule has 146 valence electrons. The molecular formula is C16H15I3N2O6. The molecule has 0 saturated carbocycles. The third kappa shape index (κ3) is 8.60. The normalized spacial score (nSPS) is 9.33. The molecule has 0 aliphatic carbocycles. The number of aromatic carboxylic acids is 1. The molecule has 1 rings (SSSR count). The van der Waals surface area contributed by atoms with Crippen molar-refractivity contribution in [1.29, 1.82) is 0 Å². The first-order chi connectivity index (χ1) is 12.4. The highest BCUT2D eigenvalue weighted by atomic mass is 127. The van der Waals surface area contributed by atoms with Crippen LogP contribution in [-0.2, 0) is 14.4 Å². The van der Waals surface area contributed by atoms with Crippen molar-refractivity contribution in [3.05, 3.63) is 16.3 Å². The van der Waals surface area contributed by atoms with Crippen molar-refractivity contribution in [2.75, 3.05) is 10.6 Å². The molecule has 0 atom stereocenters. The number of carbonyl (C=O) groups excluding carboxylic acids is 2. The minimum Gasteiger partial charge on any atom is -0.481 e. The standard InChI is InChI=1S/C11H9I3N2O4.C5H6O2/c1-3(17)15-9-6(12)5(11(19)20)7(13)10(8(9)14)16-4(2)18;1-2-3-4-5(6)7/h1-2H3,(H,15,17)(H,16,18)(H,19,20);1H,3-4H2,(H,6,7). The second-order valence-electron chi connectivity index (χ2n) is 4.83. The molecule has 1 aromatic carbocycles. The van der Waals surface area contributed by atoms with E-state index in [0.29, 0.717) is 28.5 Å². The van der Waals surface area contributed by atoms with Crippen LogP contribution < -0.4 is 10.6 Å². The van der Waals surface area contributed by atoms with Gasteiger partial charge < -0.3 is 20.8 Å². The number of rotatable bonds is 5. The summed E-state index contributed by atoms with van der Waals surface area (Å²) in [5, 5.41) is 22.5. The molecule has 0 fully saturated rings. The average Bonchev–Trinajstić information content (AvgIpc) is 2.53. The Morgan fingerprint density at radius 1 is 0.926 bits per heavy atom. The number of aliphatic carboxylic acids is 1. The Balaban J connectivity index is 0.000000821. The van der Waals surface area contributed by atoms with Gasteiger partial charge in [-0.15, -0.1) is 12.3 Å². The second kappa shape index (κ2) is 12.3. The highest BCUT2D eigenvalue weighted by Gasteiger charge is 2.25. The van der Waals surface area contributed by atoms with E-state index >= 15 is 0 Å². The lowest BCUT2D eigenvalue weighted by molar-refractivity contribution is -0.136. The van der Waals surface area contributed by atoms with Gasteiger partial charge in [0.1, 0.15) is 0 Å². The van der Waals surface area contributed by atoms with E-state index in [-0.39, 0.29) is 23.8 Å². The van der Waals surface area contributed by atoms with E-state index in [1.54, 1.807) is 0 Å². The Kier molecular flexibility index (Phi) is 11.8. The Morgan fingerprint density at radius 2 is 1.33 bits per heavy atom. The first-order valence-corrected chi connectivity index (χ1v) is 10.3. The van der Waals surface area contributed by atoms with E-state index in [2.05, 4.69) is 16.6 Å². The third-order valence-corrected chi connectivity index (χ3v) is 5.85. The number of amides is 2. The van der Waals surface area contributed by atoms with E-state index in [1.807, 2.05) is 67.8 Å². The summed E-state index contributed by atoms with van der Waals surface area (Å²) in [4.78, 5) is 43.6. The van der Waals surface area contributed by atoms with Crippen LogP contribution >= 0.6 is 67.8 Å². The van der Waals surface area contributed by atoms with Crippen LogP contribution in [0.25, 0.3) is 0 Å². The van der Waals surface area contributed by atoms with Crippen molar-refractivity contribution in [2.24, 2.45) is 0 Å². The summed E-state index contributed by atoms with van der Waals surface area (Å²) in [7, 11) is 0. The first-order valence-electron chi connectivity index (χ1n) is 7.08. The lowest BCUT2D eigenvalue weighted by atomic mass is 10.1. The van der Waals surface area contributed by atoms with Gasteiger partial charge in [-0.3, -0.25) is 14.4 Å². The maximum atomic E-state index is 11.4. The molecule has 0 aliphatic rings. The number of terminal acetylenes is 1. The fourth-order valence-corrected chi connectivity index (χ4v) is 5.77. The molecule has 1 aromatic rings. The number of nitrogens with one attached hydrogen (secondary N) is 2. The van der Waals surface area contributed by atoms with Gasteiger partial charge in [-0.25, -0.2) is 4.79 Å². The number of hydrogen-bond acceptors (Lipinski definition) is 4. The summed E-state index contributed by atoms with van der Waals surface area (Å²) < 4.78 is 1.44. The quantitative estimate of drug-likeness (QED) is 0.273. The van der Waals surface area contributed by atoms with Gasteiger partial charge in [0, 0.05) is 20.3 Å². The average molecular weight is 712 g/mol. The lowest BCUT2D eigenvalue weighted by Crippen LogP contribution is -2.17. The van der Waals surface area contributed by atoms with E-state index in [0.717, 1.165) is 0 Å². The molecule has 4 N–H and O–H groups in total. The van der Waals surface area contributed by atoms with Crippen molar-refractivity contribution >= 4 is 103 Å². The molecule has 0 unspecified atom stereocenters. The fourth-order valence-electron chi connectivity index (χ4n) is 1.60. The molecule has 0 saturated heterocycles. The van der Waals surface area contributed by atoms with Crippen LogP contribution in [0, 0.1) is 23.1 Å². The van der Waals surface area contributed by atoms with Gasteiger partial charge in [0.25, 0.3) is 0 Å². The van der Waals surface area contributed by atoms with Gasteiger partial charge in [-0.2, -0.15) is 0 Å². The highest BCUT2D eigenvalue weighted by Crippen LogP contribution is 2.38. The van der Waals surface area contributed by atoms with Crippen LogP contribution in [0.5, 0.6) is 0 Å². The number of anilines is 2. The van der Waals surface area contributed by atoms with Gasteiger partial charge in [0.15, 0.2) is 0 Å². The Morgan fingerprint density at radius 3 is 1.56 bits per heavy atom. The van der Waals surface area contributed by atoms with Crippen molar-refractivity contribution in [2.45, 2.75) is 26.7 Å². The number of benzene rings is 1. The summed E-state index contributed by atoms with van der Waals surface area (Å²) in [6.07, 6.45) is 5.17. The molecule has 0 aromatic heterocycles. The molecule has 0 heterocycles. The number of carbonyl (C=O) groups is 4. The minimum absolute atomic E-state index is 0.0547. The summed E-state index contributed by atoms with van der Waals surface area (Å²) in [6, 6.07) is 0. The van der Waals surface area contributed by atoms with E-state index in [4.69, 9.17) is 11.5 Å². The van der Waals surface area contributed by atoms with Crippen LogP contribution in [0.15, 0.2) is 0 Å². The Bertz CT molecular complexity index is 774. The highest BCUT2D eigenvalue weighted by molar-refractivity contribution is 14.1. The molecule has 27 heavy (non-hydrogen) atoms. The number of halogens is 3. The van der Waals surface area contributed by atoms with Crippen LogP contribution in [0.1, 0.15) is 37.0 Å². The van der Waals surface area contributed by atoms with Crippen molar-refractivity contribution in [1.82, 2.24) is 0 Å². The minimum atomic E-state index is -1.12. The summed E-state index contributed by atoms with van der Waals surface area (Å²) >= 11 is 5.71. The van der Waals surface area contributed by atoms with Gasteiger partial charge in [0.2, 0.25) is 11.8 Å². The van der Waals surface area contributed by atoms with E-state index in [1.165, 1.54) is 13.8 Å². The van der Waals surface area contributed by atoms with Crippen LogP contribution in [0.2, 0.25) is 0 Å². The fraction of sp³-hybridized carbons (Fsp3) is 0.250. The van der Waals surface area contributed by atoms with Gasteiger partial charge >= 0.3 is 11.9 Å². The molecular weight excluding hydrogens is 697 g/mol. The SMILES string of the molecule is C#CCCC(=O)O.CC(=O)Nc1c(I)c(NC(C)=O)c(I)c(C(=O)O)c1I. The molecule has 0 bridgehead atoms. The first kappa shape index (κ1) is 25.9. The van der Waals surface area contributed by atoms with Gasteiger partial charge in [-0.1, -0.05) is 0 Å². The Hall–Kier alpha value is -1.15. The van der Waals surface area contributed by atoms with Crippen molar-refractivity contribution < 1.29 is 29.4 Å². The predicted molar refractivity (Wildman–Crippen MR) is 126 cm³/mol. The largest absolute Gasteiger partial charge is 0.481 e. The molecule has 0 spiro atoms. The van der Waals surface area contributed by atoms with Crippen LogP contribution in [-0.4, -0.2) is 34.0 Å². The zero-order valence-corrected chi connectivity index (χ0v) is 20.6. The molecule has 2 amide bonds. The molecule has 0 aliphatic heterocycles. The molecule has 11 heteroatoms. The predicted octanol–water partition coefficient (Wildman–Crippen LogP) is 3.60. The summed E-state index contributed by atoms with van der Waals surface area (Å²) in [5.74, 6) is -0.360. The zero-order valence-electron chi connectivity index (χ0n) is 14.2. The van der Waals surface area contributed by atoms with Gasteiger partial charge in [-0.05, 0) is 67.8 Å². The third-order valence-electron chi connectivity index (χ3n) is 2.62. The van der Waals surface area contributed by atoms with Crippen LogP contribution in [0.4, 0.5) is 11.4 Å². The number of carboxylic acid groups (broad SMARTS) is 2. The van der Waals surface area contributed by atoms with E-state index in [9.17, 15) is 24.3 Å². The smallest absolute Gasteiger partial charge is 0.338 e. The van der Waals surface area contributed by atoms with Crippen LogP contribution in [0.3, 0.4) is 0 Å². The maximum absolute atomic E-state index is 11.4. The van der Waals surface area contributed by atoms with Gasteiger partial charge in [0.05, 0.1) is 34.1 Å². The topological polar surface area (TPSA) is 133 Å². The van der Waals surface area contributed by atoms with E-state index < -0.39 is 11.9 Å². The zero-order chi connectivity index (χ0) is 21.3. The second-order valence-corrected chi connectivity index (χ2v) is 8.07. The Labute approximate surface area is 196 Å². The lowest BCUT2D eigenvalue weighted by Gasteiger charge is -2.17. The number of carboxylic acids is 2. The number of hydrogen-bond donors (Lipinski definition) is 4. The molecule has 0 radical (unpaired) electrons.